The molecule has 0 unspecified atom stereocenters. The lowest BCUT2D eigenvalue weighted by atomic mass is 9.99. The third-order valence-corrected chi connectivity index (χ3v) is 3.11. The Labute approximate surface area is 108 Å². The summed E-state index contributed by atoms with van der Waals surface area (Å²) in [6.45, 7) is 4.05. The second kappa shape index (κ2) is 6.27. The monoisotopic (exact) mass is 249 g/mol. The Kier molecular flexibility index (Phi) is 4.99. The van der Waals surface area contributed by atoms with Gasteiger partial charge in [-0.3, -0.25) is 0 Å². The molecular formula is C14H19NO3. The lowest BCUT2D eigenvalue weighted by Crippen LogP contribution is -2.34. The summed E-state index contributed by atoms with van der Waals surface area (Å²) in [5.41, 5.74) is -0.306. The van der Waals surface area contributed by atoms with E-state index < -0.39 is 5.60 Å². The Morgan fingerprint density at radius 1 is 1.28 bits per heavy atom. The van der Waals surface area contributed by atoms with E-state index in [4.69, 9.17) is 14.7 Å². The molecule has 4 heteroatoms. The lowest BCUT2D eigenvalue weighted by molar-refractivity contribution is -0.0119. The summed E-state index contributed by atoms with van der Waals surface area (Å²) in [5.74, 6) is 1.04. The van der Waals surface area contributed by atoms with E-state index in [9.17, 15) is 5.11 Å². The number of nitriles is 1. The highest BCUT2D eigenvalue weighted by molar-refractivity contribution is 5.46. The quantitative estimate of drug-likeness (QED) is 0.841. The van der Waals surface area contributed by atoms with Gasteiger partial charge < -0.3 is 14.6 Å². The number of benzene rings is 1. The maximum Gasteiger partial charge on any atom is 0.162 e. The normalized spacial score (nSPS) is 10.8. The molecule has 0 saturated carbocycles. The summed E-state index contributed by atoms with van der Waals surface area (Å²) < 4.78 is 10.8. The number of hydrogen-bond donors (Lipinski definition) is 1. The SMILES string of the molecule is CCC(O)(CC)COc1ccc(C#N)cc1OC. The fourth-order valence-electron chi connectivity index (χ4n) is 1.52. The van der Waals surface area contributed by atoms with Crippen molar-refractivity contribution in [3.63, 3.8) is 0 Å². The summed E-state index contributed by atoms with van der Waals surface area (Å²) in [6.07, 6.45) is 1.25. The van der Waals surface area contributed by atoms with Crippen LogP contribution in [-0.2, 0) is 0 Å². The first-order chi connectivity index (χ1) is 8.58. The second-order valence-electron chi connectivity index (χ2n) is 4.20. The van der Waals surface area contributed by atoms with Gasteiger partial charge in [0.05, 0.1) is 24.3 Å². The minimum Gasteiger partial charge on any atom is -0.493 e. The zero-order valence-corrected chi connectivity index (χ0v) is 11.1. The second-order valence-corrected chi connectivity index (χ2v) is 4.20. The zero-order chi connectivity index (χ0) is 13.6. The first-order valence-corrected chi connectivity index (χ1v) is 6.02. The number of methoxy groups -OCH3 is 1. The summed E-state index contributed by atoms with van der Waals surface area (Å²) in [4.78, 5) is 0. The van der Waals surface area contributed by atoms with Crippen LogP contribution in [0, 0.1) is 11.3 Å². The molecule has 0 saturated heterocycles. The standard InChI is InChI=1S/C14H19NO3/c1-4-14(16,5-2)10-18-12-7-6-11(9-15)8-13(12)17-3/h6-8,16H,4-5,10H2,1-3H3. The van der Waals surface area contributed by atoms with E-state index in [0.29, 0.717) is 29.9 Å². The van der Waals surface area contributed by atoms with Gasteiger partial charge in [0.2, 0.25) is 0 Å². The van der Waals surface area contributed by atoms with Gasteiger partial charge in [-0.15, -0.1) is 0 Å². The van der Waals surface area contributed by atoms with E-state index >= 15 is 0 Å². The minimum absolute atomic E-state index is 0.211. The Morgan fingerprint density at radius 2 is 1.94 bits per heavy atom. The van der Waals surface area contributed by atoms with Gasteiger partial charge >= 0.3 is 0 Å². The van der Waals surface area contributed by atoms with Crippen LogP contribution in [-0.4, -0.2) is 24.4 Å². The molecule has 0 spiro atoms. The lowest BCUT2D eigenvalue weighted by Gasteiger charge is -2.25. The van der Waals surface area contributed by atoms with Crippen LogP contribution < -0.4 is 9.47 Å². The molecule has 18 heavy (non-hydrogen) atoms. The minimum atomic E-state index is -0.821. The summed E-state index contributed by atoms with van der Waals surface area (Å²) >= 11 is 0. The molecule has 1 N–H and O–H groups in total. The van der Waals surface area contributed by atoms with Gasteiger partial charge in [-0.05, 0) is 25.0 Å². The van der Waals surface area contributed by atoms with Gasteiger partial charge in [0, 0.05) is 6.07 Å². The smallest absolute Gasteiger partial charge is 0.162 e. The highest BCUT2D eigenvalue weighted by atomic mass is 16.5. The summed E-state index contributed by atoms with van der Waals surface area (Å²) in [6, 6.07) is 7.00. The van der Waals surface area contributed by atoms with Gasteiger partial charge in [0.15, 0.2) is 11.5 Å². The molecular weight excluding hydrogens is 230 g/mol. The van der Waals surface area contributed by atoms with Crippen LogP contribution >= 0.6 is 0 Å². The Hall–Kier alpha value is -1.73. The fourth-order valence-corrected chi connectivity index (χ4v) is 1.52. The molecule has 0 aromatic heterocycles. The molecule has 1 aromatic carbocycles. The maximum atomic E-state index is 10.1. The van der Waals surface area contributed by atoms with Crippen LogP contribution in [0.3, 0.4) is 0 Å². The van der Waals surface area contributed by atoms with E-state index in [0.717, 1.165) is 0 Å². The molecule has 0 aliphatic heterocycles. The van der Waals surface area contributed by atoms with Gasteiger partial charge in [-0.25, -0.2) is 0 Å². The Bertz CT molecular complexity index is 433. The van der Waals surface area contributed by atoms with Crippen molar-refractivity contribution in [3.8, 4) is 17.6 Å². The van der Waals surface area contributed by atoms with Crippen molar-refractivity contribution >= 4 is 0 Å². The molecule has 98 valence electrons. The molecule has 1 rings (SSSR count). The molecule has 0 heterocycles. The van der Waals surface area contributed by atoms with Gasteiger partial charge in [0.1, 0.15) is 6.61 Å². The summed E-state index contributed by atoms with van der Waals surface area (Å²) in [5, 5.41) is 18.9. The largest absolute Gasteiger partial charge is 0.493 e. The number of aliphatic hydroxyl groups is 1. The number of nitrogens with zero attached hydrogens (tertiary/aromatic N) is 1. The van der Waals surface area contributed by atoms with Crippen LogP contribution in [0.4, 0.5) is 0 Å². The van der Waals surface area contributed by atoms with Crippen molar-refractivity contribution in [2.24, 2.45) is 0 Å². The first-order valence-electron chi connectivity index (χ1n) is 6.02. The van der Waals surface area contributed by atoms with Crippen LogP contribution in [0.25, 0.3) is 0 Å². The van der Waals surface area contributed by atoms with Gasteiger partial charge in [0.25, 0.3) is 0 Å². The topological polar surface area (TPSA) is 62.5 Å². The molecule has 0 aliphatic rings. The zero-order valence-electron chi connectivity index (χ0n) is 11.1. The molecule has 1 aromatic rings. The first kappa shape index (κ1) is 14.3. The third-order valence-electron chi connectivity index (χ3n) is 3.11. The molecule has 0 amide bonds. The number of ether oxygens (including phenoxy) is 2. The van der Waals surface area contributed by atoms with Crippen LogP contribution in [0.1, 0.15) is 32.3 Å². The predicted molar refractivity (Wildman–Crippen MR) is 68.7 cm³/mol. The van der Waals surface area contributed by atoms with Crippen molar-refractivity contribution < 1.29 is 14.6 Å². The fraction of sp³-hybridized carbons (Fsp3) is 0.500. The highest BCUT2D eigenvalue weighted by Gasteiger charge is 2.23. The molecule has 0 bridgehead atoms. The summed E-state index contributed by atoms with van der Waals surface area (Å²) in [7, 11) is 1.52. The number of rotatable bonds is 6. The van der Waals surface area contributed by atoms with Crippen molar-refractivity contribution in [1.82, 2.24) is 0 Å². The van der Waals surface area contributed by atoms with Crippen molar-refractivity contribution in [2.45, 2.75) is 32.3 Å². The molecule has 0 fully saturated rings. The Morgan fingerprint density at radius 3 is 2.44 bits per heavy atom. The molecule has 0 atom stereocenters. The average molecular weight is 249 g/mol. The molecule has 4 nitrogen and oxygen atoms in total. The van der Waals surface area contributed by atoms with E-state index in [2.05, 4.69) is 0 Å². The molecule has 0 aliphatic carbocycles. The van der Waals surface area contributed by atoms with Gasteiger partial charge in [-0.1, -0.05) is 13.8 Å². The van der Waals surface area contributed by atoms with Crippen LogP contribution in [0.5, 0.6) is 11.5 Å². The predicted octanol–water partition coefficient (Wildman–Crippen LogP) is 2.50. The van der Waals surface area contributed by atoms with Gasteiger partial charge in [-0.2, -0.15) is 5.26 Å². The third kappa shape index (κ3) is 3.38. The van der Waals surface area contributed by atoms with E-state index in [1.807, 2.05) is 19.9 Å². The van der Waals surface area contributed by atoms with Crippen LogP contribution in [0.2, 0.25) is 0 Å². The van der Waals surface area contributed by atoms with E-state index in [1.165, 1.54) is 7.11 Å². The highest BCUT2D eigenvalue weighted by Crippen LogP contribution is 2.29. The Balaban J connectivity index is 2.82. The molecule has 0 radical (unpaired) electrons. The van der Waals surface area contributed by atoms with E-state index in [-0.39, 0.29) is 6.61 Å². The van der Waals surface area contributed by atoms with E-state index in [1.54, 1.807) is 18.2 Å². The maximum absolute atomic E-state index is 10.1. The van der Waals surface area contributed by atoms with Crippen molar-refractivity contribution in [3.05, 3.63) is 23.8 Å². The number of hydrogen-bond acceptors (Lipinski definition) is 4. The van der Waals surface area contributed by atoms with Crippen molar-refractivity contribution in [1.29, 1.82) is 5.26 Å². The average Bonchev–Trinajstić information content (AvgIpc) is 2.44. The van der Waals surface area contributed by atoms with Crippen molar-refractivity contribution in [2.75, 3.05) is 13.7 Å². The van der Waals surface area contributed by atoms with Crippen LogP contribution in [0.15, 0.2) is 18.2 Å².